The number of ether oxygens (including phenoxy) is 2. The van der Waals surface area contributed by atoms with Crippen LogP contribution in [0.15, 0.2) is 18.2 Å². The number of hydrogen-bond acceptors (Lipinski definition) is 4. The van der Waals surface area contributed by atoms with Gasteiger partial charge < -0.3 is 15.2 Å². The van der Waals surface area contributed by atoms with E-state index in [0.29, 0.717) is 29.5 Å². The molecular weight excluding hydrogens is 254 g/mol. The molecule has 2 N–H and O–H groups in total. The average Bonchev–Trinajstić information content (AvgIpc) is 2.48. The van der Waals surface area contributed by atoms with E-state index in [4.69, 9.17) is 15.2 Å². The molecule has 0 aliphatic rings. The molecule has 0 aromatic heterocycles. The summed E-state index contributed by atoms with van der Waals surface area (Å²) in [5, 5.41) is 0. The Labute approximate surface area is 121 Å². The van der Waals surface area contributed by atoms with Crippen LogP contribution in [0.1, 0.15) is 49.9 Å². The van der Waals surface area contributed by atoms with Crippen LogP contribution in [0.4, 0.5) is 5.69 Å². The van der Waals surface area contributed by atoms with E-state index in [1.165, 1.54) is 20.0 Å². The fraction of sp³-hybridized carbons (Fsp3) is 0.562. The van der Waals surface area contributed by atoms with Crippen molar-refractivity contribution in [2.75, 3.05) is 19.5 Å². The van der Waals surface area contributed by atoms with Crippen molar-refractivity contribution in [3.05, 3.63) is 23.8 Å². The van der Waals surface area contributed by atoms with Gasteiger partial charge in [0.2, 0.25) is 0 Å². The molecule has 1 aromatic rings. The van der Waals surface area contributed by atoms with Gasteiger partial charge in [0.05, 0.1) is 25.0 Å². The van der Waals surface area contributed by atoms with Gasteiger partial charge in [-0.2, -0.15) is 0 Å². The topological polar surface area (TPSA) is 61.5 Å². The zero-order valence-electron chi connectivity index (χ0n) is 12.6. The summed E-state index contributed by atoms with van der Waals surface area (Å²) in [6.07, 6.45) is 4.64. The van der Waals surface area contributed by atoms with Gasteiger partial charge >= 0.3 is 5.97 Å². The highest BCUT2D eigenvalue weighted by molar-refractivity contribution is 5.90. The van der Waals surface area contributed by atoms with Crippen LogP contribution >= 0.6 is 0 Å². The van der Waals surface area contributed by atoms with Crippen LogP contribution in [-0.2, 0) is 4.74 Å². The maximum absolute atomic E-state index is 11.5. The Balaban J connectivity index is 2.68. The molecule has 0 radical (unpaired) electrons. The summed E-state index contributed by atoms with van der Waals surface area (Å²) >= 11 is 0. The van der Waals surface area contributed by atoms with E-state index in [0.717, 1.165) is 12.8 Å². The second-order valence-electron chi connectivity index (χ2n) is 4.97. The molecule has 4 heteroatoms. The van der Waals surface area contributed by atoms with Crippen molar-refractivity contribution >= 4 is 11.7 Å². The van der Waals surface area contributed by atoms with Crippen LogP contribution in [0.3, 0.4) is 0 Å². The zero-order valence-corrected chi connectivity index (χ0v) is 12.6. The molecule has 0 saturated heterocycles. The first-order valence-electron chi connectivity index (χ1n) is 7.22. The smallest absolute Gasteiger partial charge is 0.337 e. The number of nitrogen functional groups attached to an aromatic ring is 1. The van der Waals surface area contributed by atoms with Gasteiger partial charge in [0.25, 0.3) is 0 Å². The third kappa shape index (κ3) is 4.76. The minimum absolute atomic E-state index is 0.382. The summed E-state index contributed by atoms with van der Waals surface area (Å²) in [5.74, 6) is 0.701. The van der Waals surface area contributed by atoms with Crippen molar-refractivity contribution < 1.29 is 14.3 Å². The van der Waals surface area contributed by atoms with Crippen molar-refractivity contribution in [3.8, 4) is 5.75 Å². The molecule has 1 atom stereocenters. The normalized spacial score (nSPS) is 11.9. The molecule has 0 spiro atoms. The average molecular weight is 279 g/mol. The largest absolute Gasteiger partial charge is 0.491 e. The van der Waals surface area contributed by atoms with Gasteiger partial charge in [-0.05, 0) is 30.5 Å². The Kier molecular flexibility index (Phi) is 6.91. The van der Waals surface area contributed by atoms with E-state index >= 15 is 0 Å². The molecule has 0 aliphatic carbocycles. The van der Waals surface area contributed by atoms with Gasteiger partial charge in [-0.15, -0.1) is 0 Å². The fourth-order valence-corrected chi connectivity index (χ4v) is 2.01. The summed E-state index contributed by atoms with van der Waals surface area (Å²) in [7, 11) is 1.36. The van der Waals surface area contributed by atoms with Gasteiger partial charge in [-0.1, -0.05) is 33.1 Å². The second kappa shape index (κ2) is 8.46. The Hall–Kier alpha value is -1.71. The lowest BCUT2D eigenvalue weighted by molar-refractivity contribution is 0.0600. The fourth-order valence-electron chi connectivity index (χ4n) is 2.01. The van der Waals surface area contributed by atoms with Crippen molar-refractivity contribution in [1.82, 2.24) is 0 Å². The van der Waals surface area contributed by atoms with Crippen LogP contribution in [0.5, 0.6) is 5.75 Å². The van der Waals surface area contributed by atoms with Crippen LogP contribution in [0, 0.1) is 5.92 Å². The number of methoxy groups -OCH3 is 1. The number of unbranched alkanes of at least 4 members (excludes halogenated alkanes) is 1. The molecule has 20 heavy (non-hydrogen) atoms. The predicted octanol–water partition coefficient (Wildman–Crippen LogP) is 3.65. The number of esters is 1. The second-order valence-corrected chi connectivity index (χ2v) is 4.97. The first kappa shape index (κ1) is 16.3. The van der Waals surface area contributed by atoms with Crippen LogP contribution < -0.4 is 10.5 Å². The highest BCUT2D eigenvalue weighted by Gasteiger charge is 2.12. The predicted molar refractivity (Wildman–Crippen MR) is 81.0 cm³/mol. The lowest BCUT2D eigenvalue weighted by Gasteiger charge is -2.17. The Bertz CT molecular complexity index is 432. The standard InChI is InChI=1S/C16H25NO3/c1-4-6-7-12(5-2)11-20-15-10-13(16(18)19-3)8-9-14(15)17/h8-10,12H,4-7,11,17H2,1-3H3. The minimum atomic E-state index is -0.382. The van der Waals surface area contributed by atoms with Gasteiger partial charge in [-0.3, -0.25) is 0 Å². The van der Waals surface area contributed by atoms with E-state index < -0.39 is 0 Å². The van der Waals surface area contributed by atoms with E-state index in [1.54, 1.807) is 18.2 Å². The number of carbonyl (C=O) groups is 1. The number of benzene rings is 1. The number of rotatable bonds is 8. The van der Waals surface area contributed by atoms with Crippen LogP contribution in [-0.4, -0.2) is 19.7 Å². The number of carbonyl (C=O) groups excluding carboxylic acids is 1. The van der Waals surface area contributed by atoms with E-state index in [9.17, 15) is 4.79 Å². The van der Waals surface area contributed by atoms with E-state index in [-0.39, 0.29) is 5.97 Å². The molecule has 0 aliphatic heterocycles. The van der Waals surface area contributed by atoms with Gasteiger partial charge in [0.15, 0.2) is 0 Å². The first-order valence-corrected chi connectivity index (χ1v) is 7.22. The molecule has 0 bridgehead atoms. The molecule has 1 unspecified atom stereocenters. The summed E-state index contributed by atoms with van der Waals surface area (Å²) < 4.78 is 10.5. The van der Waals surface area contributed by atoms with Gasteiger partial charge in [0.1, 0.15) is 5.75 Å². The molecule has 0 saturated carbocycles. The number of hydrogen-bond donors (Lipinski definition) is 1. The van der Waals surface area contributed by atoms with Crippen molar-refractivity contribution in [2.24, 2.45) is 5.92 Å². The number of anilines is 1. The lowest BCUT2D eigenvalue weighted by atomic mass is 10.0. The van der Waals surface area contributed by atoms with Crippen molar-refractivity contribution in [1.29, 1.82) is 0 Å². The van der Waals surface area contributed by atoms with E-state index in [2.05, 4.69) is 13.8 Å². The van der Waals surface area contributed by atoms with Gasteiger partial charge in [-0.25, -0.2) is 4.79 Å². The molecule has 1 aromatic carbocycles. The Morgan fingerprint density at radius 1 is 1.35 bits per heavy atom. The van der Waals surface area contributed by atoms with E-state index in [1.807, 2.05) is 0 Å². The third-order valence-corrected chi connectivity index (χ3v) is 3.45. The quantitative estimate of drug-likeness (QED) is 0.583. The highest BCUT2D eigenvalue weighted by atomic mass is 16.5. The summed E-state index contributed by atoms with van der Waals surface area (Å²) in [5.41, 5.74) is 6.88. The summed E-state index contributed by atoms with van der Waals surface area (Å²) in [4.78, 5) is 11.5. The zero-order chi connectivity index (χ0) is 15.0. The highest BCUT2D eigenvalue weighted by Crippen LogP contribution is 2.25. The maximum atomic E-state index is 11.5. The van der Waals surface area contributed by atoms with Gasteiger partial charge in [0, 0.05) is 0 Å². The minimum Gasteiger partial charge on any atom is -0.491 e. The summed E-state index contributed by atoms with van der Waals surface area (Å²) in [6.45, 7) is 4.98. The summed E-state index contributed by atoms with van der Waals surface area (Å²) in [6, 6.07) is 4.96. The lowest BCUT2D eigenvalue weighted by Crippen LogP contribution is -2.12. The molecule has 0 heterocycles. The first-order chi connectivity index (χ1) is 9.62. The SMILES string of the molecule is CCCCC(CC)COc1cc(C(=O)OC)ccc1N. The number of nitrogens with two attached hydrogens (primary N) is 1. The molecular formula is C16H25NO3. The maximum Gasteiger partial charge on any atom is 0.337 e. The monoisotopic (exact) mass is 279 g/mol. The molecule has 0 amide bonds. The van der Waals surface area contributed by atoms with Crippen molar-refractivity contribution in [3.63, 3.8) is 0 Å². The molecule has 112 valence electrons. The Morgan fingerprint density at radius 3 is 2.70 bits per heavy atom. The third-order valence-electron chi connectivity index (χ3n) is 3.45. The van der Waals surface area contributed by atoms with Crippen LogP contribution in [0.25, 0.3) is 0 Å². The molecule has 4 nitrogen and oxygen atoms in total. The molecule has 1 rings (SSSR count). The van der Waals surface area contributed by atoms with Crippen LogP contribution in [0.2, 0.25) is 0 Å². The molecule has 0 fully saturated rings. The Morgan fingerprint density at radius 2 is 2.10 bits per heavy atom. The van der Waals surface area contributed by atoms with Crippen molar-refractivity contribution in [2.45, 2.75) is 39.5 Å².